The standard InChI is InChI=1S/C11H13N5O3S/c17-9(6-16-5-4-12-15-16)14-11-13-8(7-20-11)2-1-3-10(18)19/h4-5,7H,1-3,6H2,(H,18,19)(H,13,14,17). The van der Waals surface area contributed by atoms with Crippen LogP contribution < -0.4 is 5.32 Å². The van der Waals surface area contributed by atoms with Crippen LogP contribution in [0.25, 0.3) is 0 Å². The van der Waals surface area contributed by atoms with Crippen LogP contribution in [-0.2, 0) is 22.6 Å². The van der Waals surface area contributed by atoms with Crippen molar-refractivity contribution < 1.29 is 14.7 Å². The molecule has 0 aromatic carbocycles. The lowest BCUT2D eigenvalue weighted by atomic mass is 10.2. The van der Waals surface area contributed by atoms with Gasteiger partial charge in [0.25, 0.3) is 0 Å². The number of carboxylic acid groups (broad SMARTS) is 1. The number of aliphatic carboxylic acids is 1. The molecule has 9 heteroatoms. The Morgan fingerprint density at radius 1 is 1.45 bits per heavy atom. The lowest BCUT2D eigenvalue weighted by Gasteiger charge is -2.00. The third-order valence-electron chi connectivity index (χ3n) is 2.40. The number of anilines is 1. The number of nitrogens with zero attached hydrogens (tertiary/aromatic N) is 4. The molecule has 1 amide bonds. The van der Waals surface area contributed by atoms with E-state index in [2.05, 4.69) is 20.6 Å². The first-order valence-corrected chi connectivity index (χ1v) is 6.81. The summed E-state index contributed by atoms with van der Waals surface area (Å²) in [5.74, 6) is -1.05. The Morgan fingerprint density at radius 2 is 2.30 bits per heavy atom. The molecule has 0 unspecified atom stereocenters. The normalized spacial score (nSPS) is 10.4. The lowest BCUT2D eigenvalue weighted by Crippen LogP contribution is -2.19. The van der Waals surface area contributed by atoms with Gasteiger partial charge < -0.3 is 10.4 Å². The van der Waals surface area contributed by atoms with E-state index < -0.39 is 5.97 Å². The minimum absolute atomic E-state index is 0.0773. The molecule has 20 heavy (non-hydrogen) atoms. The van der Waals surface area contributed by atoms with Gasteiger partial charge in [0.15, 0.2) is 5.13 Å². The van der Waals surface area contributed by atoms with Gasteiger partial charge in [0.1, 0.15) is 6.54 Å². The van der Waals surface area contributed by atoms with Gasteiger partial charge in [-0.15, -0.1) is 16.4 Å². The zero-order valence-electron chi connectivity index (χ0n) is 10.5. The minimum Gasteiger partial charge on any atom is -0.481 e. The molecular weight excluding hydrogens is 282 g/mol. The highest BCUT2D eigenvalue weighted by Gasteiger charge is 2.08. The van der Waals surface area contributed by atoms with Gasteiger partial charge in [0.2, 0.25) is 5.91 Å². The summed E-state index contributed by atoms with van der Waals surface area (Å²) in [7, 11) is 0. The number of carboxylic acids is 1. The fraction of sp³-hybridized carbons (Fsp3) is 0.364. The summed E-state index contributed by atoms with van der Waals surface area (Å²) in [5, 5.41) is 20.8. The topological polar surface area (TPSA) is 110 Å². The maximum atomic E-state index is 11.7. The number of amides is 1. The zero-order chi connectivity index (χ0) is 14.4. The molecule has 0 fully saturated rings. The van der Waals surface area contributed by atoms with E-state index in [1.54, 1.807) is 6.20 Å². The van der Waals surface area contributed by atoms with Gasteiger partial charge in [-0.1, -0.05) is 5.21 Å². The van der Waals surface area contributed by atoms with E-state index in [0.717, 1.165) is 5.69 Å². The lowest BCUT2D eigenvalue weighted by molar-refractivity contribution is -0.137. The SMILES string of the molecule is O=C(O)CCCc1csc(NC(=O)Cn2ccnn2)n1. The van der Waals surface area contributed by atoms with Crippen molar-refractivity contribution in [1.82, 2.24) is 20.0 Å². The van der Waals surface area contributed by atoms with Crippen LogP contribution in [0.4, 0.5) is 5.13 Å². The van der Waals surface area contributed by atoms with Crippen molar-refractivity contribution in [3.05, 3.63) is 23.5 Å². The van der Waals surface area contributed by atoms with Crippen LogP contribution in [0.5, 0.6) is 0 Å². The van der Waals surface area contributed by atoms with Crippen LogP contribution >= 0.6 is 11.3 Å². The van der Waals surface area contributed by atoms with Crippen molar-refractivity contribution in [2.75, 3.05) is 5.32 Å². The maximum Gasteiger partial charge on any atom is 0.303 e. The van der Waals surface area contributed by atoms with E-state index in [-0.39, 0.29) is 18.9 Å². The van der Waals surface area contributed by atoms with Gasteiger partial charge in [0, 0.05) is 18.0 Å². The number of aromatic nitrogens is 4. The molecule has 0 saturated carbocycles. The van der Waals surface area contributed by atoms with E-state index >= 15 is 0 Å². The van der Waals surface area contributed by atoms with Gasteiger partial charge in [-0.25, -0.2) is 9.67 Å². The number of hydrogen-bond donors (Lipinski definition) is 2. The highest BCUT2D eigenvalue weighted by atomic mass is 32.1. The van der Waals surface area contributed by atoms with Crippen molar-refractivity contribution in [1.29, 1.82) is 0 Å². The first-order chi connectivity index (χ1) is 9.63. The Balaban J connectivity index is 1.80. The van der Waals surface area contributed by atoms with E-state index in [0.29, 0.717) is 18.0 Å². The van der Waals surface area contributed by atoms with Gasteiger partial charge >= 0.3 is 5.97 Å². The van der Waals surface area contributed by atoms with Gasteiger partial charge in [-0.05, 0) is 12.8 Å². The van der Waals surface area contributed by atoms with E-state index in [1.807, 2.05) is 5.38 Å². The molecule has 0 saturated heterocycles. The smallest absolute Gasteiger partial charge is 0.303 e. The molecule has 0 spiro atoms. The van der Waals surface area contributed by atoms with Crippen molar-refractivity contribution in [2.24, 2.45) is 0 Å². The number of carbonyl (C=O) groups is 2. The van der Waals surface area contributed by atoms with Crippen LogP contribution in [0.3, 0.4) is 0 Å². The van der Waals surface area contributed by atoms with Crippen LogP contribution in [-0.4, -0.2) is 37.0 Å². The number of thiazole rings is 1. The molecule has 8 nitrogen and oxygen atoms in total. The Labute approximate surface area is 118 Å². The molecular formula is C11H13N5O3S. The monoisotopic (exact) mass is 295 g/mol. The predicted molar refractivity (Wildman–Crippen MR) is 71.3 cm³/mol. The van der Waals surface area contributed by atoms with Gasteiger partial charge in [-0.2, -0.15) is 0 Å². The number of hydrogen-bond acceptors (Lipinski definition) is 6. The third kappa shape index (κ3) is 4.43. The highest BCUT2D eigenvalue weighted by molar-refractivity contribution is 7.13. The Morgan fingerprint density at radius 3 is 3.00 bits per heavy atom. The Bertz CT molecular complexity index is 581. The largest absolute Gasteiger partial charge is 0.481 e. The van der Waals surface area contributed by atoms with Crippen molar-refractivity contribution >= 4 is 28.3 Å². The first kappa shape index (κ1) is 14.1. The Kier molecular flexibility index (Phi) is 4.77. The predicted octanol–water partition coefficient (Wildman–Crippen LogP) is 0.781. The fourth-order valence-electron chi connectivity index (χ4n) is 1.52. The van der Waals surface area contributed by atoms with Crippen LogP contribution in [0, 0.1) is 0 Å². The molecule has 2 rings (SSSR count). The summed E-state index contributed by atoms with van der Waals surface area (Å²) < 4.78 is 1.41. The van der Waals surface area contributed by atoms with E-state index in [1.165, 1.54) is 22.2 Å². The summed E-state index contributed by atoms with van der Waals surface area (Å²) in [4.78, 5) is 26.3. The van der Waals surface area contributed by atoms with Gasteiger partial charge in [0.05, 0.1) is 11.9 Å². The second-order valence-corrected chi connectivity index (χ2v) is 4.90. The van der Waals surface area contributed by atoms with E-state index in [9.17, 15) is 9.59 Å². The summed E-state index contributed by atoms with van der Waals surface area (Å²) in [5.41, 5.74) is 0.785. The molecule has 2 aromatic heterocycles. The van der Waals surface area contributed by atoms with Crippen LogP contribution in [0.1, 0.15) is 18.5 Å². The fourth-order valence-corrected chi connectivity index (χ4v) is 2.28. The summed E-state index contributed by atoms with van der Waals surface area (Å²) in [6.07, 6.45) is 4.33. The summed E-state index contributed by atoms with van der Waals surface area (Å²) >= 11 is 1.31. The molecule has 0 aliphatic carbocycles. The molecule has 0 aliphatic rings. The number of nitrogens with one attached hydrogen (secondary N) is 1. The van der Waals surface area contributed by atoms with Crippen molar-refractivity contribution in [3.63, 3.8) is 0 Å². The minimum atomic E-state index is -0.818. The van der Waals surface area contributed by atoms with Crippen LogP contribution in [0.15, 0.2) is 17.8 Å². The molecule has 0 aliphatic heterocycles. The number of aryl methyl sites for hydroxylation is 1. The number of rotatable bonds is 7. The molecule has 0 radical (unpaired) electrons. The van der Waals surface area contributed by atoms with Crippen LogP contribution in [0.2, 0.25) is 0 Å². The molecule has 2 N–H and O–H groups in total. The number of carbonyl (C=O) groups excluding carboxylic acids is 1. The Hall–Kier alpha value is -2.29. The van der Waals surface area contributed by atoms with E-state index in [4.69, 9.17) is 5.11 Å². The van der Waals surface area contributed by atoms with Crippen molar-refractivity contribution in [3.8, 4) is 0 Å². The second kappa shape index (κ2) is 6.75. The van der Waals surface area contributed by atoms with Crippen molar-refractivity contribution in [2.45, 2.75) is 25.8 Å². The first-order valence-electron chi connectivity index (χ1n) is 5.93. The summed E-state index contributed by atoms with van der Waals surface area (Å²) in [6, 6.07) is 0. The maximum absolute atomic E-state index is 11.7. The molecule has 2 heterocycles. The molecule has 0 atom stereocenters. The highest BCUT2D eigenvalue weighted by Crippen LogP contribution is 2.17. The summed E-state index contributed by atoms with van der Waals surface area (Å²) in [6.45, 7) is 0.0773. The molecule has 2 aromatic rings. The molecule has 0 bridgehead atoms. The third-order valence-corrected chi connectivity index (χ3v) is 3.21. The average Bonchev–Trinajstić information content (AvgIpc) is 3.01. The second-order valence-electron chi connectivity index (χ2n) is 4.04. The quantitative estimate of drug-likeness (QED) is 0.781. The average molecular weight is 295 g/mol. The zero-order valence-corrected chi connectivity index (χ0v) is 11.3. The van der Waals surface area contributed by atoms with Gasteiger partial charge in [-0.3, -0.25) is 9.59 Å². The molecule has 106 valence electrons.